The van der Waals surface area contributed by atoms with Gasteiger partial charge in [0.05, 0.1) is 14.8 Å². The summed E-state index contributed by atoms with van der Waals surface area (Å²) >= 11 is 6.02. The fraction of sp³-hybridized carbons (Fsp3) is 0.0476. The second-order valence-corrected chi connectivity index (χ2v) is 8.70. The summed E-state index contributed by atoms with van der Waals surface area (Å²) in [6.07, 6.45) is 5.43. The molecule has 0 spiro atoms. The predicted molar refractivity (Wildman–Crippen MR) is 110 cm³/mol. The largest absolute Gasteiger partial charge is 0.348 e. The van der Waals surface area contributed by atoms with Gasteiger partial charge >= 0.3 is 0 Å². The highest BCUT2D eigenvalue weighted by molar-refractivity contribution is 7.91. The molecule has 0 saturated carbocycles. The zero-order valence-electron chi connectivity index (χ0n) is 15.1. The molecular formula is C21H16ClN3O3S. The number of imidazole rings is 1. The average molecular weight is 426 g/mol. The maximum Gasteiger partial charge on any atom is 0.251 e. The molecule has 0 aliphatic rings. The monoisotopic (exact) mass is 425 g/mol. The Morgan fingerprint density at radius 1 is 1.03 bits per heavy atom. The molecule has 1 amide bonds. The van der Waals surface area contributed by atoms with E-state index in [9.17, 15) is 13.2 Å². The summed E-state index contributed by atoms with van der Waals surface area (Å²) in [7, 11) is -3.75. The number of hydrogen-bond donors (Lipinski definition) is 1. The minimum absolute atomic E-state index is 0.0359. The molecule has 0 aliphatic carbocycles. The number of hydrogen-bond acceptors (Lipinski definition) is 4. The lowest BCUT2D eigenvalue weighted by Gasteiger charge is -2.09. The molecule has 0 atom stereocenters. The topological polar surface area (TPSA) is 80.5 Å². The number of pyridine rings is 1. The minimum atomic E-state index is -3.75. The lowest BCUT2D eigenvalue weighted by Crippen LogP contribution is -2.23. The third kappa shape index (κ3) is 3.87. The number of aromatic nitrogens is 2. The number of amides is 1. The molecule has 0 unspecified atom stereocenters. The summed E-state index contributed by atoms with van der Waals surface area (Å²) < 4.78 is 27.3. The van der Waals surface area contributed by atoms with Crippen molar-refractivity contribution in [3.05, 3.63) is 95.4 Å². The van der Waals surface area contributed by atoms with Crippen molar-refractivity contribution in [1.82, 2.24) is 14.7 Å². The second kappa shape index (κ2) is 7.69. The Morgan fingerprint density at radius 3 is 2.55 bits per heavy atom. The maximum absolute atomic E-state index is 12.7. The van der Waals surface area contributed by atoms with Gasteiger partial charge in [-0.05, 0) is 48.0 Å². The van der Waals surface area contributed by atoms with Crippen LogP contribution in [0.4, 0.5) is 0 Å². The molecule has 0 saturated heterocycles. The molecule has 0 radical (unpaired) electrons. The van der Waals surface area contributed by atoms with E-state index in [4.69, 9.17) is 11.6 Å². The van der Waals surface area contributed by atoms with Crippen LogP contribution in [0.1, 0.15) is 15.9 Å². The van der Waals surface area contributed by atoms with Gasteiger partial charge in [0.1, 0.15) is 5.65 Å². The van der Waals surface area contributed by atoms with E-state index in [0.717, 1.165) is 11.2 Å². The molecule has 2 aromatic carbocycles. The molecular weight excluding hydrogens is 410 g/mol. The van der Waals surface area contributed by atoms with Crippen LogP contribution in [0.5, 0.6) is 0 Å². The van der Waals surface area contributed by atoms with E-state index in [1.54, 1.807) is 18.3 Å². The van der Waals surface area contributed by atoms with E-state index < -0.39 is 9.84 Å². The predicted octanol–water partition coefficient (Wildman–Crippen LogP) is 3.75. The van der Waals surface area contributed by atoms with Gasteiger partial charge in [0.25, 0.3) is 5.91 Å². The Balaban J connectivity index is 1.48. The molecule has 0 fully saturated rings. The van der Waals surface area contributed by atoms with Gasteiger partial charge in [-0.1, -0.05) is 29.8 Å². The van der Waals surface area contributed by atoms with Gasteiger partial charge in [0.2, 0.25) is 9.84 Å². The second-order valence-electron chi connectivity index (χ2n) is 6.37. The summed E-state index contributed by atoms with van der Waals surface area (Å²) in [4.78, 5) is 16.7. The number of halogens is 1. The first-order valence-corrected chi connectivity index (χ1v) is 10.6. The minimum Gasteiger partial charge on any atom is -0.348 e. The first kappa shape index (κ1) is 19.2. The summed E-state index contributed by atoms with van der Waals surface area (Å²) in [6, 6.07) is 15.8. The molecule has 0 aliphatic heterocycles. The maximum atomic E-state index is 12.7. The van der Waals surface area contributed by atoms with E-state index in [-0.39, 0.29) is 20.7 Å². The van der Waals surface area contributed by atoms with Crippen LogP contribution in [-0.2, 0) is 16.4 Å². The highest BCUT2D eigenvalue weighted by Crippen LogP contribution is 2.27. The van der Waals surface area contributed by atoms with Crippen molar-refractivity contribution in [3.63, 3.8) is 0 Å². The Hall–Kier alpha value is -3.16. The number of nitrogens with zero attached hydrogens (tertiary/aromatic N) is 2. The first-order valence-electron chi connectivity index (χ1n) is 8.75. The molecule has 29 heavy (non-hydrogen) atoms. The number of carbonyl (C=O) groups excluding carboxylic acids is 1. The molecule has 146 valence electrons. The van der Waals surface area contributed by atoms with Crippen LogP contribution in [0.3, 0.4) is 0 Å². The van der Waals surface area contributed by atoms with Crippen molar-refractivity contribution in [2.24, 2.45) is 0 Å². The van der Waals surface area contributed by atoms with Crippen molar-refractivity contribution in [3.8, 4) is 0 Å². The lowest BCUT2D eigenvalue weighted by molar-refractivity contribution is 0.0951. The van der Waals surface area contributed by atoms with Crippen molar-refractivity contribution < 1.29 is 13.2 Å². The molecule has 2 aromatic heterocycles. The van der Waals surface area contributed by atoms with Gasteiger partial charge < -0.3 is 9.72 Å². The van der Waals surface area contributed by atoms with Crippen LogP contribution < -0.4 is 5.32 Å². The van der Waals surface area contributed by atoms with Crippen LogP contribution in [0, 0.1) is 0 Å². The molecule has 8 heteroatoms. The highest BCUT2D eigenvalue weighted by atomic mass is 35.5. The van der Waals surface area contributed by atoms with Crippen molar-refractivity contribution in [1.29, 1.82) is 0 Å². The Kier molecular flexibility index (Phi) is 5.08. The number of rotatable bonds is 5. The molecule has 6 nitrogen and oxygen atoms in total. The molecule has 2 heterocycles. The summed E-state index contributed by atoms with van der Waals surface area (Å²) in [5, 5.41) is 2.98. The quantitative estimate of drug-likeness (QED) is 0.528. The molecule has 1 N–H and O–H groups in total. The number of sulfone groups is 1. The number of nitrogens with one attached hydrogen (secondary N) is 1. The van der Waals surface area contributed by atoms with Crippen LogP contribution in [0.2, 0.25) is 5.02 Å². The zero-order chi connectivity index (χ0) is 20.4. The standard InChI is InChI=1S/C21H16ClN3O3S/c22-18-3-1-2-4-19(18)29(27,28)17-8-6-16(7-9-17)21(26)24-13-15-5-10-20-23-11-12-25(20)14-15/h1-12,14H,13H2,(H,24,26). The smallest absolute Gasteiger partial charge is 0.251 e. The zero-order valence-corrected chi connectivity index (χ0v) is 16.7. The van der Waals surface area contributed by atoms with E-state index in [1.165, 1.54) is 36.4 Å². The van der Waals surface area contributed by atoms with Crippen LogP contribution in [0.25, 0.3) is 5.65 Å². The molecule has 4 rings (SSSR count). The first-order chi connectivity index (χ1) is 13.9. The van der Waals surface area contributed by atoms with Gasteiger partial charge in [0.15, 0.2) is 0 Å². The van der Waals surface area contributed by atoms with Gasteiger partial charge in [-0.25, -0.2) is 13.4 Å². The number of carbonyl (C=O) groups is 1. The summed E-state index contributed by atoms with van der Waals surface area (Å²) in [5.41, 5.74) is 2.11. The van der Waals surface area contributed by atoms with Crippen LogP contribution >= 0.6 is 11.6 Å². The summed E-state index contributed by atoms with van der Waals surface area (Å²) in [5.74, 6) is -0.294. The number of benzene rings is 2. The van der Waals surface area contributed by atoms with E-state index >= 15 is 0 Å². The van der Waals surface area contributed by atoms with Gasteiger partial charge in [-0.15, -0.1) is 0 Å². The van der Waals surface area contributed by atoms with Gasteiger partial charge in [-0.2, -0.15) is 0 Å². The Labute approximate surface area is 172 Å². The fourth-order valence-corrected chi connectivity index (χ4v) is 4.70. The number of fused-ring (bicyclic) bond motifs is 1. The normalized spacial score (nSPS) is 11.5. The Morgan fingerprint density at radius 2 is 1.79 bits per heavy atom. The van der Waals surface area contributed by atoms with E-state index in [1.807, 2.05) is 28.9 Å². The van der Waals surface area contributed by atoms with Crippen molar-refractivity contribution in [2.45, 2.75) is 16.3 Å². The van der Waals surface area contributed by atoms with Crippen molar-refractivity contribution >= 4 is 33.0 Å². The average Bonchev–Trinajstić information content (AvgIpc) is 3.20. The van der Waals surface area contributed by atoms with Gasteiger partial charge in [-0.3, -0.25) is 4.79 Å². The van der Waals surface area contributed by atoms with Crippen LogP contribution in [0.15, 0.2) is 89.0 Å². The van der Waals surface area contributed by atoms with E-state index in [2.05, 4.69) is 10.3 Å². The summed E-state index contributed by atoms with van der Waals surface area (Å²) in [6.45, 7) is 0.340. The lowest BCUT2D eigenvalue weighted by atomic mass is 10.2. The molecule has 4 aromatic rings. The molecule has 0 bridgehead atoms. The van der Waals surface area contributed by atoms with Crippen LogP contribution in [-0.4, -0.2) is 23.7 Å². The van der Waals surface area contributed by atoms with Gasteiger partial charge in [0, 0.05) is 30.7 Å². The third-order valence-electron chi connectivity index (χ3n) is 4.46. The fourth-order valence-electron chi connectivity index (χ4n) is 2.93. The Bertz CT molecular complexity index is 1300. The third-order valence-corrected chi connectivity index (χ3v) is 6.73. The van der Waals surface area contributed by atoms with Crippen molar-refractivity contribution in [2.75, 3.05) is 0 Å². The highest BCUT2D eigenvalue weighted by Gasteiger charge is 2.20. The SMILES string of the molecule is O=C(NCc1ccc2nccn2c1)c1ccc(S(=O)(=O)c2ccccc2Cl)cc1. The van der Waals surface area contributed by atoms with E-state index in [0.29, 0.717) is 12.1 Å².